The van der Waals surface area contributed by atoms with Crippen molar-refractivity contribution in [2.45, 2.75) is 32.7 Å². The maximum absolute atomic E-state index is 13.2. The monoisotopic (exact) mass is 502 g/mol. The molecule has 0 fully saturated rings. The minimum atomic E-state index is -1.15. The highest BCUT2D eigenvalue weighted by atomic mass is 16.4. The molecule has 0 aromatic heterocycles. The van der Waals surface area contributed by atoms with Crippen molar-refractivity contribution in [1.29, 1.82) is 0 Å². The number of urea groups is 1. The van der Waals surface area contributed by atoms with Crippen LogP contribution in [0.1, 0.15) is 25.0 Å². The normalized spacial score (nSPS) is 12.5. The highest BCUT2D eigenvalue weighted by molar-refractivity contribution is 5.83. The van der Waals surface area contributed by atoms with Crippen molar-refractivity contribution < 1.29 is 24.6 Å². The standard InChI is InChI=1S/C30H34N2O5/c1-21(2)19-32(20-26(28(33)34)17-22-9-5-3-6-10-22)30(37)31-27(29(35)36)18-23-13-15-25(16-14-23)24-11-7-4-8-12-24/h3-16,21,26-27H,17-20H2,1-2H3,(H,31,37)(H,33,34)(H,35,36)/t26-,27-/m0/s1. The number of hydrogen-bond acceptors (Lipinski definition) is 3. The van der Waals surface area contributed by atoms with Gasteiger partial charge in [0.25, 0.3) is 0 Å². The molecule has 3 N–H and O–H groups in total. The lowest BCUT2D eigenvalue weighted by Gasteiger charge is -2.29. The maximum atomic E-state index is 13.2. The number of carboxylic acid groups (broad SMARTS) is 2. The summed E-state index contributed by atoms with van der Waals surface area (Å²) < 4.78 is 0. The molecule has 2 atom stereocenters. The third kappa shape index (κ3) is 8.49. The maximum Gasteiger partial charge on any atom is 0.326 e. The van der Waals surface area contributed by atoms with E-state index in [1.165, 1.54) is 4.90 Å². The quantitative estimate of drug-likeness (QED) is 0.325. The van der Waals surface area contributed by atoms with E-state index in [1.807, 2.05) is 98.8 Å². The Balaban J connectivity index is 1.70. The Morgan fingerprint density at radius 3 is 1.78 bits per heavy atom. The molecule has 0 spiro atoms. The number of nitrogens with one attached hydrogen (secondary N) is 1. The van der Waals surface area contributed by atoms with Gasteiger partial charge in [0.1, 0.15) is 6.04 Å². The molecule has 2 amide bonds. The van der Waals surface area contributed by atoms with Gasteiger partial charge in [0, 0.05) is 19.5 Å². The van der Waals surface area contributed by atoms with Crippen LogP contribution in [0.15, 0.2) is 84.9 Å². The summed E-state index contributed by atoms with van der Waals surface area (Å²) in [5.41, 5.74) is 3.71. The van der Waals surface area contributed by atoms with Crippen LogP contribution in [0.4, 0.5) is 4.79 Å². The van der Waals surface area contributed by atoms with Gasteiger partial charge < -0.3 is 20.4 Å². The third-order valence-corrected chi connectivity index (χ3v) is 6.08. The molecule has 194 valence electrons. The molecule has 0 bridgehead atoms. The summed E-state index contributed by atoms with van der Waals surface area (Å²) in [6.07, 6.45) is 0.381. The number of rotatable bonds is 12. The van der Waals surface area contributed by atoms with E-state index in [4.69, 9.17) is 0 Å². The lowest BCUT2D eigenvalue weighted by atomic mass is 9.98. The van der Waals surface area contributed by atoms with E-state index >= 15 is 0 Å². The van der Waals surface area contributed by atoms with E-state index in [0.717, 1.165) is 22.3 Å². The van der Waals surface area contributed by atoms with Crippen LogP contribution in [-0.2, 0) is 22.4 Å². The van der Waals surface area contributed by atoms with Crippen molar-refractivity contribution >= 4 is 18.0 Å². The molecule has 37 heavy (non-hydrogen) atoms. The zero-order chi connectivity index (χ0) is 26.8. The van der Waals surface area contributed by atoms with Crippen LogP contribution in [-0.4, -0.2) is 52.2 Å². The topological polar surface area (TPSA) is 107 Å². The number of nitrogens with zero attached hydrogens (tertiary/aromatic N) is 1. The number of hydrogen-bond donors (Lipinski definition) is 3. The van der Waals surface area contributed by atoms with E-state index < -0.39 is 29.9 Å². The molecule has 0 aliphatic heterocycles. The number of carboxylic acids is 2. The van der Waals surface area contributed by atoms with Gasteiger partial charge in [-0.05, 0) is 34.6 Å². The summed E-state index contributed by atoms with van der Waals surface area (Å²) in [5, 5.41) is 22.3. The predicted octanol–water partition coefficient (Wildman–Crippen LogP) is 4.96. The van der Waals surface area contributed by atoms with Gasteiger partial charge in [0.2, 0.25) is 0 Å². The van der Waals surface area contributed by atoms with Crippen LogP contribution < -0.4 is 5.32 Å². The SMILES string of the molecule is CC(C)CN(C[C@H](Cc1ccccc1)C(=O)O)C(=O)N[C@@H](Cc1ccc(-c2ccccc2)cc1)C(=O)O. The molecule has 7 nitrogen and oxygen atoms in total. The van der Waals surface area contributed by atoms with Gasteiger partial charge in [-0.25, -0.2) is 9.59 Å². The molecule has 3 aromatic rings. The van der Waals surface area contributed by atoms with Crippen molar-refractivity contribution in [2.24, 2.45) is 11.8 Å². The average molecular weight is 503 g/mol. The van der Waals surface area contributed by atoms with E-state index in [1.54, 1.807) is 0 Å². The Hall–Kier alpha value is -4.13. The molecule has 0 saturated heterocycles. The molecular weight excluding hydrogens is 468 g/mol. The molecule has 7 heteroatoms. The average Bonchev–Trinajstić information content (AvgIpc) is 2.88. The van der Waals surface area contributed by atoms with Gasteiger partial charge in [-0.15, -0.1) is 0 Å². The van der Waals surface area contributed by atoms with Gasteiger partial charge in [0.15, 0.2) is 0 Å². The van der Waals surface area contributed by atoms with Crippen molar-refractivity contribution in [1.82, 2.24) is 10.2 Å². The fourth-order valence-electron chi connectivity index (χ4n) is 4.22. The Kier molecular flexibility index (Phi) is 9.84. The lowest BCUT2D eigenvalue weighted by molar-refractivity contribution is -0.142. The van der Waals surface area contributed by atoms with Gasteiger partial charge in [-0.2, -0.15) is 0 Å². The Bertz CT molecular complexity index is 1160. The Morgan fingerprint density at radius 2 is 1.24 bits per heavy atom. The predicted molar refractivity (Wildman–Crippen MR) is 143 cm³/mol. The lowest BCUT2D eigenvalue weighted by Crippen LogP contribution is -2.51. The minimum Gasteiger partial charge on any atom is -0.481 e. The molecule has 0 aliphatic rings. The minimum absolute atomic E-state index is 0.0215. The summed E-state index contributed by atoms with van der Waals surface area (Å²) in [6.45, 7) is 4.14. The van der Waals surface area contributed by atoms with E-state index in [9.17, 15) is 24.6 Å². The zero-order valence-corrected chi connectivity index (χ0v) is 21.2. The number of amides is 2. The first-order valence-electron chi connectivity index (χ1n) is 12.4. The largest absolute Gasteiger partial charge is 0.481 e. The second-order valence-corrected chi connectivity index (χ2v) is 9.63. The molecule has 0 radical (unpaired) electrons. The van der Waals surface area contributed by atoms with Crippen LogP contribution in [0.3, 0.4) is 0 Å². The number of carbonyl (C=O) groups excluding carboxylic acids is 1. The van der Waals surface area contributed by atoms with Crippen LogP contribution in [0.2, 0.25) is 0 Å². The Labute approximate surface area is 217 Å². The second kappa shape index (κ2) is 13.3. The molecule has 0 heterocycles. The summed E-state index contributed by atoms with van der Waals surface area (Å²) in [7, 11) is 0. The van der Waals surface area contributed by atoms with E-state index in [-0.39, 0.29) is 25.3 Å². The fraction of sp³-hybridized carbons (Fsp3) is 0.300. The molecular formula is C30H34N2O5. The first-order valence-corrected chi connectivity index (χ1v) is 12.4. The van der Waals surface area contributed by atoms with Gasteiger partial charge in [0.05, 0.1) is 5.92 Å². The van der Waals surface area contributed by atoms with Crippen molar-refractivity contribution in [3.63, 3.8) is 0 Å². The van der Waals surface area contributed by atoms with Gasteiger partial charge in [-0.1, -0.05) is 98.8 Å². The highest BCUT2D eigenvalue weighted by Crippen LogP contribution is 2.20. The Morgan fingerprint density at radius 1 is 0.703 bits per heavy atom. The zero-order valence-electron chi connectivity index (χ0n) is 21.2. The van der Waals surface area contributed by atoms with Crippen molar-refractivity contribution in [2.75, 3.05) is 13.1 Å². The fourth-order valence-corrected chi connectivity index (χ4v) is 4.22. The summed E-state index contributed by atoms with van der Waals surface area (Å²) >= 11 is 0. The molecule has 0 aliphatic carbocycles. The van der Waals surface area contributed by atoms with Crippen LogP contribution in [0.25, 0.3) is 11.1 Å². The first kappa shape index (κ1) is 27.5. The molecule has 3 aromatic carbocycles. The number of carbonyl (C=O) groups is 3. The number of aliphatic carboxylic acids is 2. The van der Waals surface area contributed by atoms with Crippen LogP contribution >= 0.6 is 0 Å². The van der Waals surface area contributed by atoms with Crippen LogP contribution in [0.5, 0.6) is 0 Å². The van der Waals surface area contributed by atoms with Crippen molar-refractivity contribution in [3.8, 4) is 11.1 Å². The van der Waals surface area contributed by atoms with Crippen molar-refractivity contribution in [3.05, 3.63) is 96.1 Å². The first-order chi connectivity index (χ1) is 17.7. The van der Waals surface area contributed by atoms with E-state index in [0.29, 0.717) is 6.54 Å². The molecule has 0 saturated carbocycles. The van der Waals surface area contributed by atoms with Gasteiger partial charge >= 0.3 is 18.0 Å². The van der Waals surface area contributed by atoms with Gasteiger partial charge in [-0.3, -0.25) is 4.79 Å². The highest BCUT2D eigenvalue weighted by Gasteiger charge is 2.28. The smallest absolute Gasteiger partial charge is 0.326 e. The molecule has 3 rings (SSSR count). The summed E-state index contributed by atoms with van der Waals surface area (Å²) in [6, 6.07) is 25.0. The number of benzene rings is 3. The summed E-state index contributed by atoms with van der Waals surface area (Å²) in [4.78, 5) is 38.6. The second-order valence-electron chi connectivity index (χ2n) is 9.63. The third-order valence-electron chi connectivity index (χ3n) is 6.08. The van der Waals surface area contributed by atoms with E-state index in [2.05, 4.69) is 5.32 Å². The van der Waals surface area contributed by atoms with Crippen LogP contribution in [0, 0.1) is 11.8 Å². The summed E-state index contributed by atoms with van der Waals surface area (Å²) in [5.74, 6) is -2.89. The molecule has 0 unspecified atom stereocenters.